The van der Waals surface area contributed by atoms with Gasteiger partial charge < -0.3 is 14.2 Å². The molecule has 0 unspecified atom stereocenters. The number of hydrogen-bond donors (Lipinski definition) is 0. The molecule has 0 saturated carbocycles. The molecular formula is C22H23NO6. The fourth-order valence-electron chi connectivity index (χ4n) is 3.03. The Balaban J connectivity index is 1.72. The zero-order valence-electron chi connectivity index (χ0n) is 16.5. The highest BCUT2D eigenvalue weighted by Crippen LogP contribution is 2.31. The first-order chi connectivity index (χ1) is 14.0. The first-order valence-electron chi connectivity index (χ1n) is 9.44. The molecule has 0 saturated heterocycles. The van der Waals surface area contributed by atoms with Gasteiger partial charge in [-0.3, -0.25) is 19.3 Å². The molecule has 152 valence electrons. The van der Waals surface area contributed by atoms with Crippen molar-refractivity contribution >= 4 is 23.3 Å². The minimum Gasteiger partial charge on any atom is -0.493 e. The van der Waals surface area contributed by atoms with Crippen LogP contribution in [0.2, 0.25) is 0 Å². The standard InChI is InChI=1S/C22H23NO6/c1-3-27-19-9-8-16(15(2)24)12-17(19)14-29-22(26)13-23-18-6-4-5-7-20(18)28-11-10-21(23)25/h4-9,12H,3,10-11,13-14H2,1-2H3. The third-order valence-electron chi connectivity index (χ3n) is 4.47. The number of esters is 1. The number of ketones is 1. The summed E-state index contributed by atoms with van der Waals surface area (Å²) in [5.74, 6) is 0.243. The lowest BCUT2D eigenvalue weighted by molar-refractivity contribution is -0.144. The predicted octanol–water partition coefficient (Wildman–Crippen LogP) is 3.15. The van der Waals surface area contributed by atoms with Crippen LogP contribution in [0.4, 0.5) is 5.69 Å². The van der Waals surface area contributed by atoms with Crippen LogP contribution >= 0.6 is 0 Å². The van der Waals surface area contributed by atoms with Gasteiger partial charge in [-0.2, -0.15) is 0 Å². The molecule has 0 radical (unpaired) electrons. The Kier molecular flexibility index (Phi) is 6.49. The van der Waals surface area contributed by atoms with Crippen LogP contribution < -0.4 is 14.4 Å². The minimum atomic E-state index is -0.564. The van der Waals surface area contributed by atoms with Crippen LogP contribution in [-0.4, -0.2) is 37.4 Å². The molecule has 1 amide bonds. The summed E-state index contributed by atoms with van der Waals surface area (Å²) in [6, 6.07) is 12.1. The van der Waals surface area contributed by atoms with E-state index in [4.69, 9.17) is 14.2 Å². The molecule has 1 aliphatic rings. The Morgan fingerprint density at radius 1 is 1.17 bits per heavy atom. The minimum absolute atomic E-state index is 0.0601. The van der Waals surface area contributed by atoms with Crippen molar-refractivity contribution in [2.24, 2.45) is 0 Å². The van der Waals surface area contributed by atoms with Crippen molar-refractivity contribution in [1.82, 2.24) is 0 Å². The van der Waals surface area contributed by atoms with Gasteiger partial charge in [-0.15, -0.1) is 0 Å². The molecule has 29 heavy (non-hydrogen) atoms. The number of carbonyl (C=O) groups is 3. The largest absolute Gasteiger partial charge is 0.493 e. The van der Waals surface area contributed by atoms with Crippen molar-refractivity contribution in [3.8, 4) is 11.5 Å². The van der Waals surface area contributed by atoms with E-state index in [2.05, 4.69) is 0 Å². The van der Waals surface area contributed by atoms with E-state index in [0.717, 1.165) is 0 Å². The molecule has 1 heterocycles. The molecule has 0 spiro atoms. The Bertz CT molecular complexity index is 923. The Labute approximate surface area is 169 Å². The highest BCUT2D eigenvalue weighted by atomic mass is 16.5. The molecule has 7 nitrogen and oxygen atoms in total. The molecule has 0 N–H and O–H groups in total. The predicted molar refractivity (Wildman–Crippen MR) is 106 cm³/mol. The second-order valence-corrected chi connectivity index (χ2v) is 6.52. The van der Waals surface area contributed by atoms with Gasteiger partial charge in [0.1, 0.15) is 24.7 Å². The third-order valence-corrected chi connectivity index (χ3v) is 4.47. The number of fused-ring (bicyclic) bond motifs is 1. The zero-order valence-corrected chi connectivity index (χ0v) is 16.5. The topological polar surface area (TPSA) is 82.1 Å². The first kappa shape index (κ1) is 20.4. The molecule has 0 fully saturated rings. The van der Waals surface area contributed by atoms with Crippen LogP contribution in [-0.2, 0) is 20.9 Å². The van der Waals surface area contributed by atoms with Crippen LogP contribution in [0.3, 0.4) is 0 Å². The van der Waals surface area contributed by atoms with Gasteiger partial charge in [-0.25, -0.2) is 0 Å². The Morgan fingerprint density at radius 3 is 2.72 bits per heavy atom. The van der Waals surface area contributed by atoms with E-state index in [1.54, 1.807) is 36.4 Å². The van der Waals surface area contributed by atoms with E-state index in [0.29, 0.717) is 34.9 Å². The average molecular weight is 397 g/mol. The molecule has 2 aromatic carbocycles. The zero-order chi connectivity index (χ0) is 20.8. The first-order valence-corrected chi connectivity index (χ1v) is 9.44. The summed E-state index contributed by atoms with van der Waals surface area (Å²) in [5, 5.41) is 0. The fourth-order valence-corrected chi connectivity index (χ4v) is 3.03. The molecule has 1 aliphatic heterocycles. The van der Waals surface area contributed by atoms with Gasteiger partial charge in [0.2, 0.25) is 5.91 Å². The number of para-hydroxylation sites is 2. The van der Waals surface area contributed by atoms with Crippen molar-refractivity contribution in [3.63, 3.8) is 0 Å². The quantitative estimate of drug-likeness (QED) is 0.527. The van der Waals surface area contributed by atoms with Gasteiger partial charge in [0.15, 0.2) is 5.78 Å². The van der Waals surface area contributed by atoms with Gasteiger partial charge in [-0.1, -0.05) is 12.1 Å². The van der Waals surface area contributed by atoms with Crippen LogP contribution in [0, 0.1) is 0 Å². The summed E-state index contributed by atoms with van der Waals surface area (Å²) in [6.07, 6.45) is 0.178. The molecule has 2 aromatic rings. The molecule has 0 aromatic heterocycles. The summed E-state index contributed by atoms with van der Waals surface area (Å²) in [4.78, 5) is 37.9. The highest BCUT2D eigenvalue weighted by molar-refractivity contribution is 5.99. The van der Waals surface area contributed by atoms with Crippen molar-refractivity contribution in [1.29, 1.82) is 0 Å². The number of hydrogen-bond acceptors (Lipinski definition) is 6. The van der Waals surface area contributed by atoms with Gasteiger partial charge >= 0.3 is 5.97 Å². The number of amides is 1. The number of rotatable bonds is 7. The number of nitrogens with zero attached hydrogens (tertiary/aromatic N) is 1. The number of ether oxygens (including phenoxy) is 3. The van der Waals surface area contributed by atoms with E-state index in [9.17, 15) is 14.4 Å². The van der Waals surface area contributed by atoms with Gasteiger partial charge in [0.05, 0.1) is 25.3 Å². The van der Waals surface area contributed by atoms with Crippen molar-refractivity contribution in [3.05, 3.63) is 53.6 Å². The van der Waals surface area contributed by atoms with Gasteiger partial charge in [0.25, 0.3) is 0 Å². The molecule has 0 atom stereocenters. The summed E-state index contributed by atoms with van der Waals surface area (Å²) in [7, 11) is 0. The SMILES string of the molecule is CCOc1ccc(C(C)=O)cc1COC(=O)CN1C(=O)CCOc2ccccc21. The molecular weight excluding hydrogens is 374 g/mol. The summed E-state index contributed by atoms with van der Waals surface area (Å²) < 4.78 is 16.5. The number of benzene rings is 2. The van der Waals surface area contributed by atoms with Crippen LogP contribution in [0.1, 0.15) is 36.2 Å². The smallest absolute Gasteiger partial charge is 0.326 e. The maximum absolute atomic E-state index is 12.5. The van der Waals surface area contributed by atoms with E-state index in [1.807, 2.05) is 13.0 Å². The maximum atomic E-state index is 12.5. The Morgan fingerprint density at radius 2 is 1.97 bits per heavy atom. The second-order valence-electron chi connectivity index (χ2n) is 6.52. The lowest BCUT2D eigenvalue weighted by Gasteiger charge is -2.21. The van der Waals surface area contributed by atoms with E-state index in [1.165, 1.54) is 11.8 Å². The molecule has 0 aliphatic carbocycles. The normalized spacial score (nSPS) is 13.2. The van der Waals surface area contributed by atoms with Gasteiger partial charge in [-0.05, 0) is 44.2 Å². The number of anilines is 1. The van der Waals surface area contributed by atoms with Crippen molar-refractivity contribution in [2.45, 2.75) is 26.9 Å². The van der Waals surface area contributed by atoms with Gasteiger partial charge in [0, 0.05) is 11.1 Å². The number of Topliss-reactive ketones (excluding diaryl/α,β-unsaturated/α-hetero) is 1. The summed E-state index contributed by atoms with van der Waals surface area (Å²) in [6.45, 7) is 3.73. The third kappa shape index (κ3) is 4.93. The Hall–Kier alpha value is -3.35. The van der Waals surface area contributed by atoms with E-state index < -0.39 is 5.97 Å². The molecule has 7 heteroatoms. The molecule has 0 bridgehead atoms. The second kappa shape index (κ2) is 9.23. The molecule has 3 rings (SSSR count). The summed E-state index contributed by atoms with van der Waals surface area (Å²) in [5.41, 5.74) is 1.65. The van der Waals surface area contributed by atoms with Crippen LogP contribution in [0.5, 0.6) is 11.5 Å². The fraction of sp³-hybridized carbons (Fsp3) is 0.318. The highest BCUT2D eigenvalue weighted by Gasteiger charge is 2.25. The summed E-state index contributed by atoms with van der Waals surface area (Å²) >= 11 is 0. The van der Waals surface area contributed by atoms with Crippen LogP contribution in [0.25, 0.3) is 0 Å². The van der Waals surface area contributed by atoms with Crippen molar-refractivity contribution < 1.29 is 28.6 Å². The van der Waals surface area contributed by atoms with E-state index >= 15 is 0 Å². The lowest BCUT2D eigenvalue weighted by atomic mass is 10.1. The number of carbonyl (C=O) groups excluding carboxylic acids is 3. The monoisotopic (exact) mass is 397 g/mol. The average Bonchev–Trinajstić information content (AvgIpc) is 2.86. The maximum Gasteiger partial charge on any atom is 0.326 e. The van der Waals surface area contributed by atoms with E-state index in [-0.39, 0.29) is 37.9 Å². The van der Waals surface area contributed by atoms with Crippen molar-refractivity contribution in [2.75, 3.05) is 24.7 Å². The van der Waals surface area contributed by atoms with Crippen LogP contribution in [0.15, 0.2) is 42.5 Å². The lowest BCUT2D eigenvalue weighted by Crippen LogP contribution is -2.36.